The van der Waals surface area contributed by atoms with E-state index >= 15 is 0 Å². The van der Waals surface area contributed by atoms with Crippen LogP contribution in [0.2, 0.25) is 0 Å². The van der Waals surface area contributed by atoms with E-state index < -0.39 is 0 Å². The number of aromatic nitrogens is 4. The fraction of sp³-hybridized carbons (Fsp3) is 0.619. The highest BCUT2D eigenvalue weighted by Gasteiger charge is 2.28. The first kappa shape index (κ1) is 19.1. The average Bonchev–Trinajstić information content (AvgIpc) is 3.09. The molecule has 4 rings (SSSR count). The Balaban J connectivity index is 1.51. The van der Waals surface area contributed by atoms with Crippen LogP contribution in [0.1, 0.15) is 72.8 Å². The Morgan fingerprint density at radius 3 is 2.82 bits per heavy atom. The minimum absolute atomic E-state index is 0.0247. The Morgan fingerprint density at radius 1 is 1.32 bits per heavy atom. The monoisotopic (exact) mass is 382 g/mol. The van der Waals surface area contributed by atoms with Gasteiger partial charge in [-0.05, 0) is 25.5 Å². The molecule has 150 valence electrons. The second kappa shape index (κ2) is 7.28. The predicted molar refractivity (Wildman–Crippen MR) is 107 cm³/mol. The second-order valence-electron chi connectivity index (χ2n) is 9.01. The number of carbonyl (C=O) groups excluding carboxylic acids is 1. The first-order chi connectivity index (χ1) is 13.3. The molecule has 1 fully saturated rings. The van der Waals surface area contributed by atoms with Crippen LogP contribution in [0.5, 0.6) is 0 Å². The molecule has 1 atom stereocenters. The molecule has 2 aliphatic heterocycles. The van der Waals surface area contributed by atoms with Crippen molar-refractivity contribution >= 4 is 5.91 Å². The van der Waals surface area contributed by atoms with Crippen LogP contribution in [0.3, 0.4) is 0 Å². The van der Waals surface area contributed by atoms with E-state index in [0.29, 0.717) is 24.7 Å². The molecule has 2 aromatic rings. The van der Waals surface area contributed by atoms with Gasteiger partial charge in [-0.25, -0.2) is 9.97 Å². The van der Waals surface area contributed by atoms with E-state index in [1.807, 2.05) is 24.2 Å². The van der Waals surface area contributed by atoms with Crippen molar-refractivity contribution in [2.24, 2.45) is 7.05 Å². The normalized spacial score (nSPS) is 20.1. The molecule has 28 heavy (non-hydrogen) atoms. The molecule has 4 heterocycles. The van der Waals surface area contributed by atoms with Crippen LogP contribution in [-0.2, 0) is 25.4 Å². The van der Waals surface area contributed by atoms with Crippen molar-refractivity contribution in [3.05, 3.63) is 40.7 Å². The quantitative estimate of drug-likeness (QED) is 0.862. The van der Waals surface area contributed by atoms with Gasteiger partial charge in [-0.15, -0.1) is 0 Å². The van der Waals surface area contributed by atoms with Crippen molar-refractivity contribution in [2.75, 3.05) is 19.6 Å². The van der Waals surface area contributed by atoms with Gasteiger partial charge in [0, 0.05) is 56.2 Å². The summed E-state index contributed by atoms with van der Waals surface area (Å²) < 4.78 is 1.70. The summed E-state index contributed by atoms with van der Waals surface area (Å²) >= 11 is 0. The number of carbonyl (C=O) groups is 1. The lowest BCUT2D eigenvalue weighted by Gasteiger charge is -2.29. The predicted octanol–water partition coefficient (Wildman–Crippen LogP) is 2.17. The van der Waals surface area contributed by atoms with Crippen LogP contribution in [0.4, 0.5) is 0 Å². The maximum Gasteiger partial charge on any atom is 0.272 e. The second-order valence-corrected chi connectivity index (χ2v) is 9.01. The maximum atomic E-state index is 13.1. The Bertz CT molecular complexity index is 876. The molecule has 0 aliphatic carbocycles. The lowest BCUT2D eigenvalue weighted by molar-refractivity contribution is 0.0722. The molecule has 0 bridgehead atoms. The molecule has 1 amide bonds. The van der Waals surface area contributed by atoms with Gasteiger partial charge in [0.05, 0.1) is 11.4 Å². The number of rotatable bonds is 2. The number of nitrogens with one attached hydrogen (secondary N) is 1. The number of hydrogen-bond donors (Lipinski definition) is 1. The van der Waals surface area contributed by atoms with Crippen LogP contribution in [-0.4, -0.2) is 50.2 Å². The van der Waals surface area contributed by atoms with E-state index in [2.05, 4.69) is 36.2 Å². The summed E-state index contributed by atoms with van der Waals surface area (Å²) in [6, 6.07) is 1.92. The van der Waals surface area contributed by atoms with E-state index in [1.54, 1.807) is 4.68 Å². The van der Waals surface area contributed by atoms with Crippen molar-refractivity contribution < 1.29 is 4.79 Å². The van der Waals surface area contributed by atoms with Crippen LogP contribution in [0, 0.1) is 0 Å². The average molecular weight is 383 g/mol. The summed E-state index contributed by atoms with van der Waals surface area (Å²) in [7, 11) is 1.84. The number of fused-ring (bicyclic) bond motifs is 1. The van der Waals surface area contributed by atoms with Gasteiger partial charge in [0.2, 0.25) is 0 Å². The number of piperidine rings is 1. The molecule has 2 aromatic heterocycles. The lowest BCUT2D eigenvalue weighted by atomic mass is 9.92. The Labute approximate surface area is 166 Å². The Hall–Kier alpha value is -2.28. The van der Waals surface area contributed by atoms with E-state index in [-0.39, 0.29) is 11.3 Å². The molecule has 1 N–H and O–H groups in total. The zero-order chi connectivity index (χ0) is 19.9. The molecular weight excluding hydrogens is 352 g/mol. The summed E-state index contributed by atoms with van der Waals surface area (Å²) in [6.45, 7) is 9.62. The Kier molecular flexibility index (Phi) is 4.95. The van der Waals surface area contributed by atoms with E-state index in [4.69, 9.17) is 4.98 Å². The molecule has 0 saturated carbocycles. The standard InChI is InChI=1S/C21H30N6O/c1-21(2,3)18-10-17(26(4)25-18)20(28)27-9-7-16-15(13-27)12-23-19(24-16)14-6-5-8-22-11-14/h10,12,14,22H,5-9,11,13H2,1-4H3/t14-/m1/s1. The highest BCUT2D eigenvalue weighted by molar-refractivity contribution is 5.92. The fourth-order valence-corrected chi connectivity index (χ4v) is 3.97. The van der Waals surface area contributed by atoms with Gasteiger partial charge in [-0.1, -0.05) is 20.8 Å². The van der Waals surface area contributed by atoms with Crippen molar-refractivity contribution in [3.8, 4) is 0 Å². The molecule has 1 saturated heterocycles. The summed E-state index contributed by atoms with van der Waals surface area (Å²) in [5.41, 5.74) is 3.65. The summed E-state index contributed by atoms with van der Waals surface area (Å²) in [5.74, 6) is 1.38. The third-order valence-electron chi connectivity index (χ3n) is 5.77. The molecular formula is C21H30N6O. The number of aryl methyl sites for hydroxylation is 1. The molecule has 2 aliphatic rings. The topological polar surface area (TPSA) is 75.9 Å². The number of nitrogens with zero attached hydrogens (tertiary/aromatic N) is 5. The highest BCUT2D eigenvalue weighted by atomic mass is 16.2. The molecule has 7 heteroatoms. The highest BCUT2D eigenvalue weighted by Crippen LogP contribution is 2.25. The molecule has 0 unspecified atom stereocenters. The first-order valence-electron chi connectivity index (χ1n) is 10.2. The zero-order valence-electron chi connectivity index (χ0n) is 17.3. The summed E-state index contributed by atoms with van der Waals surface area (Å²) in [4.78, 5) is 24.5. The third-order valence-corrected chi connectivity index (χ3v) is 5.77. The van der Waals surface area contributed by atoms with Gasteiger partial charge in [-0.2, -0.15) is 5.10 Å². The molecule has 7 nitrogen and oxygen atoms in total. The van der Waals surface area contributed by atoms with Gasteiger partial charge in [0.1, 0.15) is 11.5 Å². The maximum absolute atomic E-state index is 13.1. The van der Waals surface area contributed by atoms with E-state index in [0.717, 1.165) is 48.7 Å². The van der Waals surface area contributed by atoms with Gasteiger partial charge >= 0.3 is 0 Å². The first-order valence-corrected chi connectivity index (χ1v) is 10.2. The fourth-order valence-electron chi connectivity index (χ4n) is 3.97. The van der Waals surface area contributed by atoms with Crippen molar-refractivity contribution in [1.82, 2.24) is 30.0 Å². The third kappa shape index (κ3) is 3.68. The summed E-state index contributed by atoms with van der Waals surface area (Å²) in [6.07, 6.45) is 5.03. The molecule has 0 aromatic carbocycles. The minimum Gasteiger partial charge on any atom is -0.332 e. The van der Waals surface area contributed by atoms with E-state index in [9.17, 15) is 4.79 Å². The van der Waals surface area contributed by atoms with Crippen LogP contribution in [0.25, 0.3) is 0 Å². The SMILES string of the molecule is Cn1nc(C(C)(C)C)cc1C(=O)N1CCc2nc([C@@H]3CCCNC3)ncc2C1. The largest absolute Gasteiger partial charge is 0.332 e. The van der Waals surface area contributed by atoms with Crippen LogP contribution in [0.15, 0.2) is 12.3 Å². The molecule has 0 spiro atoms. The van der Waals surface area contributed by atoms with Crippen LogP contribution >= 0.6 is 0 Å². The minimum atomic E-state index is -0.0804. The van der Waals surface area contributed by atoms with Crippen LogP contribution < -0.4 is 5.32 Å². The van der Waals surface area contributed by atoms with Gasteiger partial charge < -0.3 is 10.2 Å². The van der Waals surface area contributed by atoms with Gasteiger partial charge in [0.25, 0.3) is 5.91 Å². The smallest absolute Gasteiger partial charge is 0.272 e. The van der Waals surface area contributed by atoms with Crippen molar-refractivity contribution in [2.45, 2.75) is 57.9 Å². The number of amides is 1. The van der Waals surface area contributed by atoms with Crippen molar-refractivity contribution in [3.63, 3.8) is 0 Å². The van der Waals surface area contributed by atoms with Gasteiger partial charge in [-0.3, -0.25) is 9.48 Å². The summed E-state index contributed by atoms with van der Waals surface area (Å²) in [5, 5.41) is 7.97. The lowest BCUT2D eigenvalue weighted by Crippen LogP contribution is -2.38. The molecule has 0 radical (unpaired) electrons. The number of hydrogen-bond acceptors (Lipinski definition) is 5. The Morgan fingerprint density at radius 2 is 2.14 bits per heavy atom. The van der Waals surface area contributed by atoms with Gasteiger partial charge in [0.15, 0.2) is 0 Å². The van der Waals surface area contributed by atoms with Crippen molar-refractivity contribution in [1.29, 1.82) is 0 Å². The zero-order valence-corrected chi connectivity index (χ0v) is 17.3. The van der Waals surface area contributed by atoms with E-state index in [1.165, 1.54) is 6.42 Å².